The fraction of sp³-hybridized carbons (Fsp3) is 0.400. The number of hydrogen-bond acceptors (Lipinski definition) is 6. The van der Waals surface area contributed by atoms with Crippen molar-refractivity contribution in [3.63, 3.8) is 0 Å². The van der Waals surface area contributed by atoms with Gasteiger partial charge in [0.05, 0.1) is 6.61 Å². The molecule has 7 nitrogen and oxygen atoms in total. The summed E-state index contributed by atoms with van der Waals surface area (Å²) in [5.41, 5.74) is 0.754. The lowest BCUT2D eigenvalue weighted by molar-refractivity contribution is -0.123. The van der Waals surface area contributed by atoms with Crippen molar-refractivity contribution in [3.05, 3.63) is 30.1 Å². The molecule has 7 heteroatoms. The van der Waals surface area contributed by atoms with Gasteiger partial charge in [0.2, 0.25) is 0 Å². The maximum Gasteiger partial charge on any atom is 0.258 e. The molecule has 1 aromatic carbocycles. The minimum Gasteiger partial charge on any atom is -0.484 e. The number of nitrogens with zero attached hydrogens (tertiary/aromatic N) is 2. The van der Waals surface area contributed by atoms with Crippen LogP contribution in [0.15, 0.2) is 28.8 Å². The molecule has 0 unspecified atom stereocenters. The van der Waals surface area contributed by atoms with Gasteiger partial charge in [-0.15, -0.1) is 0 Å². The van der Waals surface area contributed by atoms with Crippen LogP contribution in [0.3, 0.4) is 0 Å². The van der Waals surface area contributed by atoms with Gasteiger partial charge in [0, 0.05) is 25.6 Å². The Balaban J connectivity index is 1.92. The number of carbonyl (C=O) groups is 1. The second-order valence-corrected chi connectivity index (χ2v) is 4.53. The van der Waals surface area contributed by atoms with Crippen LogP contribution < -0.4 is 10.1 Å². The Morgan fingerprint density at radius 2 is 2.27 bits per heavy atom. The smallest absolute Gasteiger partial charge is 0.258 e. The summed E-state index contributed by atoms with van der Waals surface area (Å²) >= 11 is 0. The highest BCUT2D eigenvalue weighted by Gasteiger charge is 2.09. The Kier molecular flexibility index (Phi) is 5.91. The number of ether oxygens (including phenoxy) is 2. The predicted octanol–water partition coefficient (Wildman–Crippen LogP) is 1.44. The molecule has 0 atom stereocenters. The molecule has 0 fully saturated rings. The lowest BCUT2D eigenvalue weighted by atomic mass is 10.2. The molecule has 1 N–H and O–H groups in total. The van der Waals surface area contributed by atoms with E-state index in [0.717, 1.165) is 5.56 Å². The topological polar surface area (TPSA) is 86.5 Å². The third kappa shape index (κ3) is 4.56. The van der Waals surface area contributed by atoms with Crippen molar-refractivity contribution in [1.82, 2.24) is 15.5 Å². The number of hydrogen-bond donors (Lipinski definition) is 1. The number of nitrogens with one attached hydrogen (secondary N) is 1. The van der Waals surface area contributed by atoms with E-state index in [1.54, 1.807) is 19.2 Å². The van der Waals surface area contributed by atoms with Crippen molar-refractivity contribution in [2.75, 3.05) is 26.9 Å². The Morgan fingerprint density at radius 3 is 3.00 bits per heavy atom. The molecule has 0 radical (unpaired) electrons. The van der Waals surface area contributed by atoms with E-state index in [0.29, 0.717) is 37.0 Å². The molecule has 0 aliphatic rings. The van der Waals surface area contributed by atoms with Gasteiger partial charge in [-0.2, -0.15) is 4.98 Å². The summed E-state index contributed by atoms with van der Waals surface area (Å²) in [5.74, 6) is 1.45. The fourth-order valence-electron chi connectivity index (χ4n) is 1.73. The van der Waals surface area contributed by atoms with Gasteiger partial charge in [0.25, 0.3) is 11.8 Å². The molecule has 2 rings (SSSR count). The van der Waals surface area contributed by atoms with Crippen molar-refractivity contribution >= 4 is 5.91 Å². The van der Waals surface area contributed by atoms with Gasteiger partial charge in [-0.1, -0.05) is 18.1 Å². The summed E-state index contributed by atoms with van der Waals surface area (Å²) in [7, 11) is 1.58. The number of rotatable bonds is 8. The summed E-state index contributed by atoms with van der Waals surface area (Å²) in [5, 5.41) is 6.54. The number of amides is 1. The Labute approximate surface area is 128 Å². The molecule has 0 spiro atoms. The summed E-state index contributed by atoms with van der Waals surface area (Å²) in [6, 6.07) is 7.18. The quantitative estimate of drug-likeness (QED) is 0.743. The van der Waals surface area contributed by atoms with Gasteiger partial charge < -0.3 is 19.3 Å². The summed E-state index contributed by atoms with van der Waals surface area (Å²) in [6.07, 6.45) is 0.710. The normalized spacial score (nSPS) is 10.5. The first-order chi connectivity index (χ1) is 10.7. The second kappa shape index (κ2) is 8.14. The number of aryl methyl sites for hydroxylation is 1. The van der Waals surface area contributed by atoms with Crippen molar-refractivity contribution in [3.8, 4) is 17.2 Å². The van der Waals surface area contributed by atoms with Gasteiger partial charge in [-0.25, -0.2) is 0 Å². The van der Waals surface area contributed by atoms with Gasteiger partial charge in [-0.3, -0.25) is 4.79 Å². The molecule has 0 aliphatic heterocycles. The molecule has 2 aromatic rings. The first-order valence-electron chi connectivity index (χ1n) is 7.04. The zero-order valence-electron chi connectivity index (χ0n) is 12.7. The largest absolute Gasteiger partial charge is 0.484 e. The van der Waals surface area contributed by atoms with E-state index in [4.69, 9.17) is 14.0 Å². The summed E-state index contributed by atoms with van der Waals surface area (Å²) < 4.78 is 15.5. The number of benzene rings is 1. The summed E-state index contributed by atoms with van der Waals surface area (Å²) in [4.78, 5) is 15.8. The van der Waals surface area contributed by atoms with Crippen LogP contribution >= 0.6 is 0 Å². The lowest BCUT2D eigenvalue weighted by Gasteiger charge is -2.07. The predicted molar refractivity (Wildman–Crippen MR) is 79.5 cm³/mol. The molecule has 1 heterocycles. The van der Waals surface area contributed by atoms with E-state index in [1.165, 1.54) is 0 Å². The Hall–Kier alpha value is -2.41. The van der Waals surface area contributed by atoms with Gasteiger partial charge in [0.15, 0.2) is 12.4 Å². The molecule has 0 bridgehead atoms. The third-order valence-electron chi connectivity index (χ3n) is 2.86. The first-order valence-corrected chi connectivity index (χ1v) is 7.04. The monoisotopic (exact) mass is 305 g/mol. The molecule has 22 heavy (non-hydrogen) atoms. The fourth-order valence-corrected chi connectivity index (χ4v) is 1.73. The standard InChI is InChI=1S/C15H19N3O4/c1-3-13-17-15(22-18-13)11-5-4-6-12(9-11)21-10-14(19)16-7-8-20-2/h4-6,9H,3,7-8,10H2,1-2H3,(H,16,19). The minimum atomic E-state index is -0.200. The average Bonchev–Trinajstić information content (AvgIpc) is 3.03. The van der Waals surface area contributed by atoms with E-state index >= 15 is 0 Å². The maximum atomic E-state index is 11.6. The van der Waals surface area contributed by atoms with Gasteiger partial charge in [-0.05, 0) is 18.2 Å². The van der Waals surface area contributed by atoms with Gasteiger partial charge >= 0.3 is 0 Å². The Morgan fingerprint density at radius 1 is 1.41 bits per heavy atom. The summed E-state index contributed by atoms with van der Waals surface area (Å²) in [6.45, 7) is 2.83. The van der Waals surface area contributed by atoms with Crippen molar-refractivity contribution < 1.29 is 18.8 Å². The highest BCUT2D eigenvalue weighted by Crippen LogP contribution is 2.22. The van der Waals surface area contributed by atoms with Crippen LogP contribution in [0.2, 0.25) is 0 Å². The number of aromatic nitrogens is 2. The molecule has 0 aliphatic carbocycles. The van der Waals surface area contributed by atoms with Crippen molar-refractivity contribution in [1.29, 1.82) is 0 Å². The van der Waals surface area contributed by atoms with E-state index in [2.05, 4.69) is 15.5 Å². The van der Waals surface area contributed by atoms with Crippen molar-refractivity contribution in [2.45, 2.75) is 13.3 Å². The lowest BCUT2D eigenvalue weighted by Crippen LogP contribution is -2.31. The average molecular weight is 305 g/mol. The maximum absolute atomic E-state index is 11.6. The number of carbonyl (C=O) groups excluding carboxylic acids is 1. The second-order valence-electron chi connectivity index (χ2n) is 4.53. The minimum absolute atomic E-state index is 0.0583. The third-order valence-corrected chi connectivity index (χ3v) is 2.86. The van der Waals surface area contributed by atoms with E-state index in [1.807, 2.05) is 19.1 Å². The Bertz CT molecular complexity index is 612. The van der Waals surface area contributed by atoms with Crippen LogP contribution in [0.4, 0.5) is 0 Å². The highest BCUT2D eigenvalue weighted by atomic mass is 16.5. The molecule has 0 saturated carbocycles. The first kappa shape index (κ1) is 16.0. The van der Waals surface area contributed by atoms with Crippen LogP contribution in [-0.4, -0.2) is 42.9 Å². The molecule has 1 amide bonds. The van der Waals surface area contributed by atoms with Gasteiger partial charge in [0.1, 0.15) is 5.75 Å². The van der Waals surface area contributed by atoms with E-state index in [9.17, 15) is 4.79 Å². The SMILES string of the molecule is CCc1noc(-c2cccc(OCC(=O)NCCOC)c2)n1. The highest BCUT2D eigenvalue weighted by molar-refractivity contribution is 5.77. The van der Waals surface area contributed by atoms with Crippen LogP contribution in [0.25, 0.3) is 11.5 Å². The zero-order chi connectivity index (χ0) is 15.8. The van der Waals surface area contributed by atoms with Crippen LogP contribution in [0, 0.1) is 0 Å². The zero-order valence-corrected chi connectivity index (χ0v) is 12.7. The van der Waals surface area contributed by atoms with Crippen LogP contribution in [0.5, 0.6) is 5.75 Å². The van der Waals surface area contributed by atoms with Crippen LogP contribution in [-0.2, 0) is 16.0 Å². The molecule has 1 aromatic heterocycles. The number of methoxy groups -OCH3 is 1. The molecule has 118 valence electrons. The van der Waals surface area contributed by atoms with Crippen molar-refractivity contribution in [2.24, 2.45) is 0 Å². The van der Waals surface area contributed by atoms with E-state index < -0.39 is 0 Å². The molecular weight excluding hydrogens is 286 g/mol. The van der Waals surface area contributed by atoms with Crippen LogP contribution in [0.1, 0.15) is 12.7 Å². The molecular formula is C15H19N3O4. The van der Waals surface area contributed by atoms with E-state index in [-0.39, 0.29) is 12.5 Å². The molecule has 0 saturated heterocycles.